The number of allylic oxidation sites excluding steroid dienone is 3. The van der Waals surface area contributed by atoms with Gasteiger partial charge >= 0.3 is 0 Å². The second-order valence-electron chi connectivity index (χ2n) is 5.84. The van der Waals surface area contributed by atoms with Gasteiger partial charge in [-0.15, -0.1) is 0 Å². The summed E-state index contributed by atoms with van der Waals surface area (Å²) in [6.45, 7) is 15.0. The Morgan fingerprint density at radius 3 is 2.50 bits per heavy atom. The van der Waals surface area contributed by atoms with Crippen LogP contribution in [0.1, 0.15) is 50.3 Å². The highest BCUT2D eigenvalue weighted by Crippen LogP contribution is 2.34. The zero-order valence-electron chi connectivity index (χ0n) is 13.9. The summed E-state index contributed by atoms with van der Waals surface area (Å²) >= 11 is 0. The molecule has 0 aliphatic rings. The van der Waals surface area contributed by atoms with Gasteiger partial charge in [0.05, 0.1) is 0 Å². The lowest BCUT2D eigenvalue weighted by Gasteiger charge is -2.20. The molecule has 1 aromatic carbocycles. The van der Waals surface area contributed by atoms with Crippen LogP contribution in [0.4, 0.5) is 5.69 Å². The van der Waals surface area contributed by atoms with Crippen molar-refractivity contribution in [1.29, 1.82) is 0 Å². The molecule has 1 aromatic rings. The topological polar surface area (TPSA) is 12.0 Å². The first kappa shape index (κ1) is 16.6. The molecule has 0 heterocycles. The SMILES string of the molecule is C=C(C)C(C)C/C(=C/CC)c1c(C)cc(C)cc1NC. The molecule has 0 amide bonds. The minimum Gasteiger partial charge on any atom is -0.388 e. The van der Waals surface area contributed by atoms with E-state index in [1.165, 1.54) is 33.5 Å². The molecule has 20 heavy (non-hydrogen) atoms. The van der Waals surface area contributed by atoms with Crippen molar-refractivity contribution in [2.75, 3.05) is 12.4 Å². The van der Waals surface area contributed by atoms with Crippen molar-refractivity contribution in [1.82, 2.24) is 0 Å². The first-order valence-corrected chi connectivity index (χ1v) is 7.54. The zero-order chi connectivity index (χ0) is 15.3. The molecular weight excluding hydrogens is 242 g/mol. The monoisotopic (exact) mass is 271 g/mol. The highest BCUT2D eigenvalue weighted by Gasteiger charge is 2.14. The van der Waals surface area contributed by atoms with Crippen molar-refractivity contribution in [3.63, 3.8) is 0 Å². The van der Waals surface area contributed by atoms with Crippen LogP contribution >= 0.6 is 0 Å². The van der Waals surface area contributed by atoms with Gasteiger partial charge in [-0.25, -0.2) is 0 Å². The van der Waals surface area contributed by atoms with Gasteiger partial charge in [0.25, 0.3) is 0 Å². The third-order valence-electron chi connectivity index (χ3n) is 3.89. The Labute approximate surface area is 124 Å². The molecule has 0 bridgehead atoms. The predicted octanol–water partition coefficient (Wildman–Crippen LogP) is 5.74. The highest BCUT2D eigenvalue weighted by molar-refractivity contribution is 5.79. The van der Waals surface area contributed by atoms with Crippen LogP contribution in [0.3, 0.4) is 0 Å². The van der Waals surface area contributed by atoms with Crippen LogP contribution in [0.2, 0.25) is 0 Å². The maximum Gasteiger partial charge on any atom is 0.0419 e. The summed E-state index contributed by atoms with van der Waals surface area (Å²) in [4.78, 5) is 0. The largest absolute Gasteiger partial charge is 0.388 e. The van der Waals surface area contributed by atoms with Crippen LogP contribution in [0.15, 0.2) is 30.4 Å². The summed E-state index contributed by atoms with van der Waals surface area (Å²) in [5, 5.41) is 3.36. The van der Waals surface area contributed by atoms with Crippen LogP contribution in [0.25, 0.3) is 5.57 Å². The first-order valence-electron chi connectivity index (χ1n) is 7.54. The standard InChI is InChI=1S/C19H29N/c1-8-9-17(12-15(5)13(2)3)19-16(6)10-14(4)11-18(19)20-7/h9-11,15,20H,2,8,12H2,1,3-7H3/b17-9-. The number of benzene rings is 1. The lowest BCUT2D eigenvalue weighted by atomic mass is 9.87. The highest BCUT2D eigenvalue weighted by atomic mass is 14.8. The van der Waals surface area contributed by atoms with Crippen molar-refractivity contribution in [3.05, 3.63) is 47.1 Å². The molecule has 0 aliphatic heterocycles. The molecular formula is C19H29N. The van der Waals surface area contributed by atoms with Gasteiger partial charge < -0.3 is 5.32 Å². The van der Waals surface area contributed by atoms with Crippen LogP contribution in [0, 0.1) is 19.8 Å². The minimum atomic E-state index is 0.512. The zero-order valence-corrected chi connectivity index (χ0v) is 13.9. The lowest BCUT2D eigenvalue weighted by Crippen LogP contribution is -2.03. The van der Waals surface area contributed by atoms with E-state index in [2.05, 4.69) is 64.7 Å². The predicted molar refractivity (Wildman–Crippen MR) is 92.3 cm³/mol. The fourth-order valence-corrected chi connectivity index (χ4v) is 2.63. The Balaban J connectivity index is 3.29. The fourth-order valence-electron chi connectivity index (χ4n) is 2.63. The quantitative estimate of drug-likeness (QED) is 0.650. The van der Waals surface area contributed by atoms with Gasteiger partial charge in [0.15, 0.2) is 0 Å². The van der Waals surface area contributed by atoms with Gasteiger partial charge in [-0.05, 0) is 62.3 Å². The molecule has 0 radical (unpaired) electrons. The third-order valence-corrected chi connectivity index (χ3v) is 3.89. The number of nitrogens with one attached hydrogen (secondary N) is 1. The van der Waals surface area contributed by atoms with Crippen LogP contribution in [0.5, 0.6) is 0 Å². The Morgan fingerprint density at radius 1 is 1.35 bits per heavy atom. The number of aryl methyl sites for hydroxylation is 2. The normalized spacial score (nSPS) is 13.2. The molecule has 1 unspecified atom stereocenters. The second kappa shape index (κ2) is 7.33. The first-order chi connectivity index (χ1) is 9.40. The van der Waals surface area contributed by atoms with E-state index in [1.807, 2.05) is 7.05 Å². The van der Waals surface area contributed by atoms with E-state index in [4.69, 9.17) is 0 Å². The summed E-state index contributed by atoms with van der Waals surface area (Å²) in [7, 11) is 2.00. The Hall–Kier alpha value is -1.50. The number of anilines is 1. The van der Waals surface area contributed by atoms with Gasteiger partial charge in [-0.3, -0.25) is 0 Å². The molecule has 0 fully saturated rings. The van der Waals surface area contributed by atoms with Gasteiger partial charge in [-0.1, -0.05) is 38.1 Å². The summed E-state index contributed by atoms with van der Waals surface area (Å²) in [6.07, 6.45) is 4.48. The van der Waals surface area contributed by atoms with Crippen molar-refractivity contribution in [3.8, 4) is 0 Å². The summed E-state index contributed by atoms with van der Waals surface area (Å²) in [6, 6.07) is 4.50. The van der Waals surface area contributed by atoms with Gasteiger partial charge in [0.1, 0.15) is 0 Å². The molecule has 0 saturated carbocycles. The number of rotatable bonds is 6. The Kier molecular flexibility index (Phi) is 6.06. The summed E-state index contributed by atoms with van der Waals surface area (Å²) in [5.41, 5.74) is 7.94. The van der Waals surface area contributed by atoms with Gasteiger partial charge in [-0.2, -0.15) is 0 Å². The Morgan fingerprint density at radius 2 is 2.00 bits per heavy atom. The number of hydrogen-bond acceptors (Lipinski definition) is 1. The molecule has 0 saturated heterocycles. The Bertz CT molecular complexity index is 509. The van der Waals surface area contributed by atoms with Gasteiger partial charge in [0.2, 0.25) is 0 Å². The second-order valence-corrected chi connectivity index (χ2v) is 5.84. The smallest absolute Gasteiger partial charge is 0.0419 e. The molecule has 110 valence electrons. The minimum absolute atomic E-state index is 0.512. The fraction of sp³-hybridized carbons (Fsp3) is 0.474. The summed E-state index contributed by atoms with van der Waals surface area (Å²) < 4.78 is 0. The van der Waals surface area contributed by atoms with Crippen molar-refractivity contribution in [2.45, 2.75) is 47.5 Å². The molecule has 1 rings (SSSR count). The van der Waals surface area contributed by atoms with E-state index in [9.17, 15) is 0 Å². The lowest BCUT2D eigenvalue weighted by molar-refractivity contribution is 0.706. The van der Waals surface area contributed by atoms with E-state index < -0.39 is 0 Å². The molecule has 1 atom stereocenters. The maximum absolute atomic E-state index is 4.10. The van der Waals surface area contributed by atoms with E-state index in [1.54, 1.807) is 0 Å². The maximum atomic E-state index is 4.10. The molecule has 0 aromatic heterocycles. The summed E-state index contributed by atoms with van der Waals surface area (Å²) in [5.74, 6) is 0.512. The van der Waals surface area contributed by atoms with E-state index in [-0.39, 0.29) is 0 Å². The molecule has 0 spiro atoms. The van der Waals surface area contributed by atoms with Crippen LogP contribution in [-0.4, -0.2) is 7.05 Å². The van der Waals surface area contributed by atoms with E-state index in [0.29, 0.717) is 5.92 Å². The molecule has 1 nitrogen and oxygen atoms in total. The molecule has 1 N–H and O–H groups in total. The van der Waals surface area contributed by atoms with Crippen LogP contribution in [-0.2, 0) is 0 Å². The van der Waals surface area contributed by atoms with E-state index >= 15 is 0 Å². The number of hydrogen-bond donors (Lipinski definition) is 1. The van der Waals surface area contributed by atoms with E-state index in [0.717, 1.165) is 12.8 Å². The van der Waals surface area contributed by atoms with Crippen molar-refractivity contribution < 1.29 is 0 Å². The third kappa shape index (κ3) is 4.00. The van der Waals surface area contributed by atoms with Gasteiger partial charge in [0, 0.05) is 18.3 Å². The van der Waals surface area contributed by atoms with Crippen molar-refractivity contribution in [2.24, 2.45) is 5.92 Å². The molecule has 1 heteroatoms. The molecule has 0 aliphatic carbocycles. The average Bonchev–Trinajstić information content (AvgIpc) is 2.37. The van der Waals surface area contributed by atoms with Crippen LogP contribution < -0.4 is 5.32 Å². The average molecular weight is 271 g/mol. The van der Waals surface area contributed by atoms with Crippen molar-refractivity contribution >= 4 is 11.3 Å².